The van der Waals surface area contributed by atoms with Crippen molar-refractivity contribution in [2.24, 2.45) is 0 Å². The Bertz CT molecular complexity index is 2730. The maximum absolute atomic E-state index is 14.0. The molecule has 0 aromatic heterocycles. The summed E-state index contributed by atoms with van der Waals surface area (Å²) in [5.74, 6) is 0. The number of allylic oxidation sites excluding steroid dienone is 6. The van der Waals surface area contributed by atoms with E-state index in [1.165, 1.54) is 0 Å². The maximum Gasteiger partial charge on any atom is 0.417 e. The van der Waals surface area contributed by atoms with E-state index in [0.29, 0.717) is 0 Å². The van der Waals surface area contributed by atoms with E-state index >= 15 is 0 Å². The number of alkyl halides is 15. The van der Waals surface area contributed by atoms with E-state index < -0.39 is 92.1 Å². The molecule has 0 unspecified atom stereocenters. The summed E-state index contributed by atoms with van der Waals surface area (Å²) in [6.07, 6.45) is -29.0. The first-order valence-corrected chi connectivity index (χ1v) is 16.0. The van der Waals surface area contributed by atoms with Crippen LogP contribution in [0.15, 0.2) is 71.8 Å². The van der Waals surface area contributed by atoms with Crippen LogP contribution in [0, 0.1) is 52.2 Å². The molecule has 0 atom stereocenters. The van der Waals surface area contributed by atoms with Crippen molar-refractivity contribution in [2.45, 2.75) is 37.8 Å². The fourth-order valence-corrected chi connectivity index (χ4v) is 7.26. The average molecular weight is 835 g/mol. The third-order valence-corrected chi connectivity index (χ3v) is 9.44. The Morgan fingerprint density at radius 1 is 0.390 bits per heavy atom. The minimum Gasteiger partial charge on any atom is -0.192 e. The number of fused-ring (bicyclic) bond motifs is 4. The Balaban J connectivity index is 1.70. The largest absolute Gasteiger partial charge is 0.417 e. The first kappa shape index (κ1) is 41.6. The second-order valence-corrected chi connectivity index (χ2v) is 12.9. The summed E-state index contributed by atoms with van der Waals surface area (Å²) in [5, 5.41) is 39.9. The lowest BCUT2D eigenvalue weighted by atomic mass is 9.86. The molecule has 0 heterocycles. The van der Waals surface area contributed by atoms with Crippen molar-refractivity contribution in [1.29, 1.82) is 21.0 Å². The lowest BCUT2D eigenvalue weighted by Gasteiger charge is -2.22. The summed E-state index contributed by atoms with van der Waals surface area (Å²) in [6.45, 7) is 0.784. The van der Waals surface area contributed by atoms with Gasteiger partial charge in [0.15, 0.2) is 0 Å². The zero-order chi connectivity index (χ0) is 43.9. The maximum atomic E-state index is 14.0. The van der Waals surface area contributed by atoms with E-state index in [4.69, 9.17) is 0 Å². The molecule has 0 spiro atoms. The molecule has 4 nitrogen and oxygen atoms in total. The van der Waals surface area contributed by atoms with Crippen LogP contribution in [-0.4, -0.2) is 0 Å². The SMILES string of the molecule is Cc1cc(-c2ccc3c(c2)C2=C(C3=C(C#N)C#N)c3cc(-c4cc(C(F)(F)F)c(C(F)(F)F)c(C(F)(F)F)c4)ccc3C2=C(C#N)C#N)cc(C(F)(F)F)c1C(F)(F)F. The van der Waals surface area contributed by atoms with Crippen molar-refractivity contribution in [3.8, 4) is 46.5 Å². The quantitative estimate of drug-likeness (QED) is 0.148. The first-order valence-electron chi connectivity index (χ1n) is 16.0. The van der Waals surface area contributed by atoms with Gasteiger partial charge in [-0.3, -0.25) is 0 Å². The topological polar surface area (TPSA) is 95.2 Å². The Morgan fingerprint density at radius 2 is 0.712 bits per heavy atom. The van der Waals surface area contributed by atoms with Gasteiger partial charge in [-0.25, -0.2) is 0 Å². The minimum absolute atomic E-state index is 0.0754. The molecule has 2 aliphatic rings. The first-order chi connectivity index (χ1) is 27.2. The third kappa shape index (κ3) is 6.93. The third-order valence-electron chi connectivity index (χ3n) is 9.44. The van der Waals surface area contributed by atoms with E-state index in [2.05, 4.69) is 0 Å². The number of hydrogen-bond donors (Lipinski definition) is 0. The number of aryl methyl sites for hydroxylation is 1. The highest BCUT2D eigenvalue weighted by Gasteiger charge is 2.51. The molecule has 4 aromatic carbocycles. The molecular weight excluding hydrogens is 821 g/mol. The molecule has 2 aliphatic carbocycles. The molecular formula is C40H13F15N4. The van der Waals surface area contributed by atoms with Crippen LogP contribution >= 0.6 is 0 Å². The smallest absolute Gasteiger partial charge is 0.192 e. The van der Waals surface area contributed by atoms with E-state index in [0.717, 1.165) is 49.4 Å². The molecule has 0 aliphatic heterocycles. The minimum atomic E-state index is -6.14. The predicted molar refractivity (Wildman–Crippen MR) is 177 cm³/mol. The van der Waals surface area contributed by atoms with Crippen molar-refractivity contribution in [3.05, 3.63) is 127 Å². The van der Waals surface area contributed by atoms with Gasteiger partial charge in [0.25, 0.3) is 0 Å². The molecule has 0 bridgehead atoms. The highest BCUT2D eigenvalue weighted by Crippen LogP contribution is 2.60. The lowest BCUT2D eigenvalue weighted by molar-refractivity contribution is -0.174. The number of halogens is 15. The van der Waals surface area contributed by atoms with E-state index in [-0.39, 0.29) is 68.3 Å². The van der Waals surface area contributed by atoms with Gasteiger partial charge in [-0.2, -0.15) is 86.9 Å². The second-order valence-electron chi connectivity index (χ2n) is 12.9. The Kier molecular flexibility index (Phi) is 9.57. The molecule has 0 N–H and O–H groups in total. The molecule has 19 heteroatoms. The predicted octanol–water partition coefficient (Wildman–Crippen LogP) is 13.0. The lowest BCUT2D eigenvalue weighted by Crippen LogP contribution is -2.23. The van der Waals surface area contributed by atoms with Crippen LogP contribution in [0.25, 0.3) is 44.5 Å². The monoisotopic (exact) mass is 834 g/mol. The van der Waals surface area contributed by atoms with Crippen LogP contribution in [-0.2, 0) is 30.9 Å². The highest BCUT2D eigenvalue weighted by molar-refractivity contribution is 6.38. The standard InChI is InChI=1S/C40H13F15N4/c1-16-6-19(9-27(36(41,42)43)34(16)39(50,51)52)17-2-4-23-25(7-17)32-31(22(14-58)15-59)24-5-3-18(8-26(24)33(32)30(23)21(12-56)13-57)20-10-28(37(44,45)46)35(40(53,54)55)29(11-20)38(47,48)49/h2-11H,1H3. The van der Waals surface area contributed by atoms with Crippen molar-refractivity contribution in [3.63, 3.8) is 0 Å². The van der Waals surface area contributed by atoms with Crippen molar-refractivity contribution >= 4 is 22.3 Å². The molecule has 0 amide bonds. The average Bonchev–Trinajstić information content (AvgIpc) is 3.62. The van der Waals surface area contributed by atoms with E-state index in [1.807, 2.05) is 0 Å². The molecule has 0 fully saturated rings. The second kappa shape index (κ2) is 13.6. The van der Waals surface area contributed by atoms with Crippen molar-refractivity contribution in [1.82, 2.24) is 0 Å². The van der Waals surface area contributed by atoms with Crippen LogP contribution < -0.4 is 0 Å². The molecule has 298 valence electrons. The molecule has 59 heavy (non-hydrogen) atoms. The van der Waals surface area contributed by atoms with Gasteiger partial charge in [0.1, 0.15) is 35.4 Å². The Hall–Kier alpha value is -6.99. The molecule has 6 rings (SSSR count). The van der Waals surface area contributed by atoms with Crippen molar-refractivity contribution in [2.75, 3.05) is 0 Å². The number of hydrogen-bond acceptors (Lipinski definition) is 4. The molecule has 0 radical (unpaired) electrons. The number of rotatable bonds is 2. The summed E-state index contributed by atoms with van der Waals surface area (Å²) in [5.41, 5.74) is -18.4. The van der Waals surface area contributed by atoms with Gasteiger partial charge < -0.3 is 0 Å². The summed E-state index contributed by atoms with van der Waals surface area (Å²) in [4.78, 5) is 0. The highest BCUT2D eigenvalue weighted by atomic mass is 19.4. The normalized spacial score (nSPS) is 13.9. The zero-order valence-corrected chi connectivity index (χ0v) is 28.7. The zero-order valence-electron chi connectivity index (χ0n) is 28.7. The summed E-state index contributed by atoms with van der Waals surface area (Å²) < 4.78 is 209. The fraction of sp³-hybridized carbons (Fsp3) is 0.150. The van der Waals surface area contributed by atoms with Gasteiger partial charge in [-0.05, 0) is 87.3 Å². The van der Waals surface area contributed by atoms with Crippen LogP contribution in [0.4, 0.5) is 65.9 Å². The van der Waals surface area contributed by atoms with Crippen molar-refractivity contribution < 1.29 is 65.9 Å². The van der Waals surface area contributed by atoms with Gasteiger partial charge in [0.05, 0.1) is 27.8 Å². The Labute approximate surface area is 320 Å². The van der Waals surface area contributed by atoms with E-state index in [9.17, 15) is 86.9 Å². The van der Waals surface area contributed by atoms with Gasteiger partial charge in [0, 0.05) is 22.3 Å². The Morgan fingerprint density at radius 3 is 1.02 bits per heavy atom. The number of nitriles is 4. The van der Waals surface area contributed by atoms with Crippen LogP contribution in [0.3, 0.4) is 0 Å². The van der Waals surface area contributed by atoms with Gasteiger partial charge in [-0.15, -0.1) is 0 Å². The summed E-state index contributed by atoms with van der Waals surface area (Å²) in [6, 6.07) is 13.3. The summed E-state index contributed by atoms with van der Waals surface area (Å²) >= 11 is 0. The van der Waals surface area contributed by atoms with Gasteiger partial charge >= 0.3 is 30.9 Å². The summed E-state index contributed by atoms with van der Waals surface area (Å²) in [7, 11) is 0. The fourth-order valence-electron chi connectivity index (χ4n) is 7.26. The van der Waals surface area contributed by atoms with Crippen LogP contribution in [0.5, 0.6) is 0 Å². The molecule has 4 aromatic rings. The number of nitrogens with zero attached hydrogens (tertiary/aromatic N) is 4. The molecule has 0 saturated heterocycles. The van der Waals surface area contributed by atoms with Gasteiger partial charge in [-0.1, -0.05) is 30.3 Å². The number of benzene rings is 4. The van der Waals surface area contributed by atoms with Gasteiger partial charge in [0.2, 0.25) is 0 Å². The van der Waals surface area contributed by atoms with Crippen LogP contribution in [0.1, 0.15) is 55.6 Å². The van der Waals surface area contributed by atoms with Crippen LogP contribution in [0.2, 0.25) is 0 Å². The van der Waals surface area contributed by atoms with E-state index in [1.54, 1.807) is 24.3 Å². The molecule has 0 saturated carbocycles.